The summed E-state index contributed by atoms with van der Waals surface area (Å²) in [4.78, 5) is 11.1. The van der Waals surface area contributed by atoms with E-state index in [-0.39, 0.29) is 35.1 Å². The molecule has 0 unspecified atom stereocenters. The van der Waals surface area contributed by atoms with Crippen LogP contribution in [0.4, 0.5) is 32.2 Å². The molecule has 11 heteroatoms. The Morgan fingerprint density at radius 1 is 1.00 bits per heavy atom. The smallest absolute Gasteiger partial charge is 0.365 e. The second-order valence-corrected chi connectivity index (χ2v) is 6.51. The van der Waals surface area contributed by atoms with Crippen LogP contribution in [0.25, 0.3) is 11.2 Å². The van der Waals surface area contributed by atoms with Crippen LogP contribution in [0.3, 0.4) is 0 Å². The van der Waals surface area contributed by atoms with E-state index in [4.69, 9.17) is 0 Å². The highest BCUT2D eigenvalue weighted by atomic mass is 19.4. The summed E-state index contributed by atoms with van der Waals surface area (Å²) in [6.45, 7) is -0.330. The summed E-state index contributed by atoms with van der Waals surface area (Å²) in [5, 5.41) is 2.88. The Hall–Kier alpha value is -2.85. The molecule has 1 saturated carbocycles. The molecule has 0 saturated heterocycles. The molecule has 1 N–H and O–H groups in total. The molecule has 3 aromatic rings. The molecular weight excluding hydrogens is 388 g/mol. The van der Waals surface area contributed by atoms with Gasteiger partial charge in [0.15, 0.2) is 11.5 Å². The van der Waals surface area contributed by atoms with Gasteiger partial charge in [0.25, 0.3) is 0 Å². The highest BCUT2D eigenvalue weighted by molar-refractivity contribution is 5.83. The van der Waals surface area contributed by atoms with Crippen LogP contribution in [-0.4, -0.2) is 25.6 Å². The molecule has 0 aliphatic heterocycles. The molecule has 1 fully saturated rings. The number of nitrogens with one attached hydrogen (secondary N) is 1. The Morgan fingerprint density at radius 2 is 1.71 bits per heavy atom. The summed E-state index contributed by atoms with van der Waals surface area (Å²) in [6.07, 6.45) is -6.62. The van der Waals surface area contributed by atoms with E-state index < -0.39 is 23.7 Å². The van der Waals surface area contributed by atoms with Crippen molar-refractivity contribution < 1.29 is 26.3 Å². The summed E-state index contributed by atoms with van der Waals surface area (Å²) >= 11 is 0. The van der Waals surface area contributed by atoms with Crippen molar-refractivity contribution in [2.75, 3.05) is 5.32 Å². The van der Waals surface area contributed by atoms with Crippen molar-refractivity contribution in [1.82, 2.24) is 19.5 Å². The van der Waals surface area contributed by atoms with Gasteiger partial charge in [0.05, 0.1) is 18.4 Å². The summed E-state index contributed by atoms with van der Waals surface area (Å²) in [5.41, 5.74) is -1.05. The molecule has 1 aliphatic carbocycles. The third kappa shape index (κ3) is 3.60. The highest BCUT2D eigenvalue weighted by Crippen LogP contribution is 2.34. The lowest BCUT2D eigenvalue weighted by Crippen LogP contribution is -2.16. The number of rotatable bonds is 4. The van der Waals surface area contributed by atoms with Gasteiger partial charge in [-0.15, -0.1) is 0 Å². The minimum Gasteiger partial charge on any atom is -0.365 e. The minimum absolute atomic E-state index is 0.00953. The van der Waals surface area contributed by atoms with Gasteiger partial charge in [-0.05, 0) is 24.5 Å². The van der Waals surface area contributed by atoms with Crippen LogP contribution >= 0.6 is 0 Å². The quantitative estimate of drug-likeness (QED) is 0.655. The van der Waals surface area contributed by atoms with Gasteiger partial charge in [-0.3, -0.25) is 0 Å². The molecular formula is C17H13F6N5. The van der Waals surface area contributed by atoms with E-state index in [0.717, 1.165) is 23.5 Å². The second-order valence-electron chi connectivity index (χ2n) is 6.51. The summed E-state index contributed by atoms with van der Waals surface area (Å²) in [5.74, 6) is -1.43. The predicted octanol–water partition coefficient (Wildman–Crippen LogP) is 4.49. The van der Waals surface area contributed by atoms with Crippen LogP contribution in [0.5, 0.6) is 0 Å². The number of hydrogen-bond acceptors (Lipinski definition) is 4. The number of fused-ring (bicyclic) bond motifs is 1. The summed E-state index contributed by atoms with van der Waals surface area (Å²) in [7, 11) is 0. The molecule has 28 heavy (non-hydrogen) atoms. The van der Waals surface area contributed by atoms with E-state index in [1.807, 2.05) is 0 Å². The van der Waals surface area contributed by atoms with Crippen LogP contribution in [0.2, 0.25) is 0 Å². The number of hydrogen-bond donors (Lipinski definition) is 1. The largest absolute Gasteiger partial charge is 0.451 e. The maximum atomic E-state index is 13.2. The van der Waals surface area contributed by atoms with Gasteiger partial charge in [0.2, 0.25) is 5.82 Å². The number of alkyl halides is 6. The van der Waals surface area contributed by atoms with Crippen molar-refractivity contribution in [3.8, 4) is 0 Å². The Balaban J connectivity index is 1.81. The van der Waals surface area contributed by atoms with Crippen LogP contribution in [0, 0.1) is 0 Å². The number of imidazole rings is 1. The lowest BCUT2D eigenvalue weighted by atomic mass is 10.1. The first kappa shape index (κ1) is 18.5. The van der Waals surface area contributed by atoms with Gasteiger partial charge >= 0.3 is 12.4 Å². The average Bonchev–Trinajstić information content (AvgIpc) is 3.33. The molecule has 0 radical (unpaired) electrons. The first-order valence-corrected chi connectivity index (χ1v) is 8.34. The molecule has 0 atom stereocenters. The minimum atomic E-state index is -4.80. The standard InChI is InChI=1S/C17H13F6N5/c18-16(19,20)11-4-2-1-3-9(11)7-28-8-24-12-13(25-10-5-6-10)26-15(17(21,22)23)27-14(12)28/h1-4,8,10H,5-7H2,(H,25,26,27). The molecule has 1 aliphatic rings. The first-order valence-electron chi connectivity index (χ1n) is 8.34. The van der Waals surface area contributed by atoms with Gasteiger partial charge in [0.1, 0.15) is 5.52 Å². The maximum absolute atomic E-state index is 13.2. The van der Waals surface area contributed by atoms with E-state index in [0.29, 0.717) is 0 Å². The summed E-state index contributed by atoms with van der Waals surface area (Å²) < 4.78 is 80.4. The van der Waals surface area contributed by atoms with Crippen LogP contribution < -0.4 is 5.32 Å². The normalized spacial score (nSPS) is 15.2. The molecule has 4 rings (SSSR count). The van der Waals surface area contributed by atoms with Crippen molar-refractivity contribution in [3.05, 3.63) is 47.5 Å². The Morgan fingerprint density at radius 3 is 2.36 bits per heavy atom. The van der Waals surface area contributed by atoms with Gasteiger partial charge in [-0.1, -0.05) is 18.2 Å². The molecule has 1 aromatic carbocycles. The van der Waals surface area contributed by atoms with Gasteiger partial charge in [-0.2, -0.15) is 26.3 Å². The number of halogens is 6. The van der Waals surface area contributed by atoms with Crippen LogP contribution in [0.15, 0.2) is 30.6 Å². The lowest BCUT2D eigenvalue weighted by Gasteiger charge is -2.14. The van der Waals surface area contributed by atoms with Crippen molar-refractivity contribution >= 4 is 17.0 Å². The number of aromatic nitrogens is 4. The average molecular weight is 401 g/mol. The summed E-state index contributed by atoms with van der Waals surface area (Å²) in [6, 6.07) is 4.88. The molecule has 0 bridgehead atoms. The SMILES string of the molecule is FC(F)(F)c1nc(NC2CC2)c2ncn(Cc3ccccc3C(F)(F)F)c2n1. The van der Waals surface area contributed by atoms with E-state index in [2.05, 4.69) is 20.3 Å². The van der Waals surface area contributed by atoms with E-state index >= 15 is 0 Å². The van der Waals surface area contributed by atoms with Crippen molar-refractivity contribution in [3.63, 3.8) is 0 Å². The fourth-order valence-corrected chi connectivity index (χ4v) is 2.83. The fourth-order valence-electron chi connectivity index (χ4n) is 2.83. The zero-order valence-electron chi connectivity index (χ0n) is 14.1. The molecule has 5 nitrogen and oxygen atoms in total. The lowest BCUT2D eigenvalue weighted by molar-refractivity contribution is -0.144. The Kier molecular flexibility index (Phi) is 4.20. The third-order valence-electron chi connectivity index (χ3n) is 4.30. The second kappa shape index (κ2) is 6.35. The monoisotopic (exact) mass is 401 g/mol. The van der Waals surface area contributed by atoms with Gasteiger partial charge < -0.3 is 9.88 Å². The zero-order chi connectivity index (χ0) is 20.1. The number of nitrogens with zero attached hydrogens (tertiary/aromatic N) is 4. The van der Waals surface area contributed by atoms with Crippen molar-refractivity contribution in [2.24, 2.45) is 0 Å². The van der Waals surface area contributed by atoms with Crippen LogP contribution in [0.1, 0.15) is 29.8 Å². The van der Waals surface area contributed by atoms with Gasteiger partial charge in [-0.25, -0.2) is 15.0 Å². The topological polar surface area (TPSA) is 55.6 Å². The first-order chi connectivity index (χ1) is 13.1. The van der Waals surface area contributed by atoms with Gasteiger partial charge in [0, 0.05) is 6.04 Å². The molecule has 0 amide bonds. The Bertz CT molecular complexity index is 1020. The predicted molar refractivity (Wildman–Crippen MR) is 87.5 cm³/mol. The third-order valence-corrected chi connectivity index (χ3v) is 4.30. The number of benzene rings is 1. The molecule has 2 aromatic heterocycles. The Labute approximate surface area is 154 Å². The van der Waals surface area contributed by atoms with E-state index in [1.165, 1.54) is 24.5 Å². The van der Waals surface area contributed by atoms with E-state index in [9.17, 15) is 26.3 Å². The van der Waals surface area contributed by atoms with Crippen molar-refractivity contribution in [2.45, 2.75) is 37.8 Å². The van der Waals surface area contributed by atoms with E-state index in [1.54, 1.807) is 0 Å². The molecule has 0 spiro atoms. The molecule has 2 heterocycles. The molecule has 148 valence electrons. The number of anilines is 1. The fraction of sp³-hybridized carbons (Fsp3) is 0.353. The van der Waals surface area contributed by atoms with Crippen molar-refractivity contribution in [1.29, 1.82) is 0 Å². The van der Waals surface area contributed by atoms with Crippen LogP contribution in [-0.2, 0) is 18.9 Å². The highest BCUT2D eigenvalue weighted by Gasteiger charge is 2.37. The zero-order valence-corrected chi connectivity index (χ0v) is 14.1. The maximum Gasteiger partial charge on any atom is 0.451 e.